The van der Waals surface area contributed by atoms with Crippen LogP contribution >= 0.6 is 11.6 Å². The molecule has 1 aromatic heterocycles. The second kappa shape index (κ2) is 5.95. The number of halogens is 1. The topological polar surface area (TPSA) is 51.2 Å². The van der Waals surface area contributed by atoms with Crippen molar-refractivity contribution in [3.8, 4) is 0 Å². The van der Waals surface area contributed by atoms with Crippen molar-refractivity contribution in [1.82, 2.24) is 4.98 Å². The molecule has 1 aliphatic carbocycles. The van der Waals surface area contributed by atoms with Crippen molar-refractivity contribution in [2.45, 2.75) is 18.4 Å². The summed E-state index contributed by atoms with van der Waals surface area (Å²) >= 11 is 6.45. The summed E-state index contributed by atoms with van der Waals surface area (Å²) < 4.78 is 4.96. The second-order valence-corrected chi connectivity index (χ2v) is 6.54. The number of hydrogen-bond acceptors (Lipinski definition) is 4. The highest BCUT2D eigenvalue weighted by atomic mass is 35.5. The minimum Gasteiger partial charge on any atom is -0.465 e. The van der Waals surface area contributed by atoms with Gasteiger partial charge in [-0.15, -0.1) is 0 Å². The highest BCUT2D eigenvalue weighted by Gasteiger charge is 2.41. The number of carbonyl (C=O) groups excluding carboxylic acids is 1. The first-order valence-electron chi connectivity index (χ1n) is 7.94. The highest BCUT2D eigenvalue weighted by Crippen LogP contribution is 2.52. The van der Waals surface area contributed by atoms with E-state index >= 15 is 0 Å². The van der Waals surface area contributed by atoms with Crippen molar-refractivity contribution >= 4 is 23.3 Å². The van der Waals surface area contributed by atoms with Crippen LogP contribution < -0.4 is 5.32 Å². The van der Waals surface area contributed by atoms with Gasteiger partial charge in [-0.05, 0) is 41.7 Å². The number of aromatic nitrogens is 1. The summed E-state index contributed by atoms with van der Waals surface area (Å²) in [6.45, 7) is 0. The molecular weight excluding hydrogens is 324 g/mol. The fraction of sp³-hybridized carbons (Fsp3) is 0.263. The summed E-state index contributed by atoms with van der Waals surface area (Å²) in [7, 11) is 1.40. The molecule has 0 saturated carbocycles. The molecule has 0 saturated heterocycles. The van der Waals surface area contributed by atoms with E-state index in [2.05, 4.69) is 28.5 Å². The summed E-state index contributed by atoms with van der Waals surface area (Å²) in [6, 6.07) is 7.62. The van der Waals surface area contributed by atoms with Crippen molar-refractivity contribution in [3.63, 3.8) is 0 Å². The minimum atomic E-state index is -0.330. The number of hydrogen-bond donors (Lipinski definition) is 1. The average molecular weight is 341 g/mol. The van der Waals surface area contributed by atoms with Crippen LogP contribution in [-0.4, -0.2) is 18.1 Å². The number of pyridine rings is 1. The summed E-state index contributed by atoms with van der Waals surface area (Å²) in [5, 5.41) is 4.17. The molecule has 3 atom stereocenters. The van der Waals surface area contributed by atoms with Gasteiger partial charge in [-0.2, -0.15) is 0 Å². The molecular formula is C19H17ClN2O2. The molecule has 0 unspecified atom stereocenters. The number of esters is 1. The average Bonchev–Trinajstić information content (AvgIpc) is 3.11. The molecule has 0 amide bonds. The van der Waals surface area contributed by atoms with Crippen molar-refractivity contribution in [2.75, 3.05) is 12.4 Å². The molecule has 0 fully saturated rings. The van der Waals surface area contributed by atoms with Crippen molar-refractivity contribution in [3.05, 3.63) is 70.5 Å². The molecule has 2 aliphatic rings. The molecule has 0 bridgehead atoms. The predicted molar refractivity (Wildman–Crippen MR) is 93.4 cm³/mol. The monoisotopic (exact) mass is 340 g/mol. The maximum atomic E-state index is 12.2. The smallest absolute Gasteiger partial charge is 0.338 e. The Bertz CT molecular complexity index is 820. The quantitative estimate of drug-likeness (QED) is 0.652. The second-order valence-electron chi connectivity index (χ2n) is 6.14. The molecule has 24 heavy (non-hydrogen) atoms. The van der Waals surface area contributed by atoms with Gasteiger partial charge < -0.3 is 10.1 Å². The maximum absolute atomic E-state index is 12.2. The molecule has 2 aromatic rings. The van der Waals surface area contributed by atoms with E-state index in [9.17, 15) is 4.79 Å². The lowest BCUT2D eigenvalue weighted by molar-refractivity contribution is 0.0598. The van der Waals surface area contributed by atoms with E-state index in [1.807, 2.05) is 12.3 Å². The van der Waals surface area contributed by atoms with Gasteiger partial charge >= 0.3 is 5.97 Å². The Morgan fingerprint density at radius 3 is 3.00 bits per heavy atom. The van der Waals surface area contributed by atoms with E-state index in [1.165, 1.54) is 7.11 Å². The van der Waals surface area contributed by atoms with Crippen LogP contribution in [0.25, 0.3) is 0 Å². The van der Waals surface area contributed by atoms with Crippen LogP contribution in [0.15, 0.2) is 48.8 Å². The van der Waals surface area contributed by atoms with E-state index in [-0.39, 0.29) is 17.9 Å². The van der Waals surface area contributed by atoms with Gasteiger partial charge in [0.05, 0.1) is 29.4 Å². The molecule has 1 N–H and O–H groups in total. The fourth-order valence-corrected chi connectivity index (χ4v) is 4.07. The zero-order chi connectivity index (χ0) is 16.7. The van der Waals surface area contributed by atoms with Gasteiger partial charge in [-0.3, -0.25) is 4.98 Å². The van der Waals surface area contributed by atoms with Crippen LogP contribution in [0, 0.1) is 5.92 Å². The molecule has 1 aliphatic heterocycles. The third kappa shape index (κ3) is 2.29. The SMILES string of the molecule is COC(=O)c1ccc(Cl)c2c1[C@H]1C=CC[C@@H]1[C@@H](c1cccnc1)N2. The zero-order valence-electron chi connectivity index (χ0n) is 13.2. The standard InChI is InChI=1S/C19H17ClN2O2/c1-24-19(23)14-7-8-15(20)18-16(14)12-5-2-6-13(12)17(22-18)11-4-3-9-21-10-11/h2-5,7-10,12-13,17,22H,6H2,1H3/t12-,13-,17+/m0/s1. The van der Waals surface area contributed by atoms with Gasteiger partial charge in [0, 0.05) is 18.3 Å². The van der Waals surface area contributed by atoms with Crippen LogP contribution in [0.4, 0.5) is 5.69 Å². The van der Waals surface area contributed by atoms with Crippen LogP contribution in [0.3, 0.4) is 0 Å². The van der Waals surface area contributed by atoms with Gasteiger partial charge in [0.2, 0.25) is 0 Å². The number of allylic oxidation sites excluding steroid dienone is 2. The molecule has 4 rings (SSSR count). The van der Waals surface area contributed by atoms with Gasteiger partial charge in [0.15, 0.2) is 0 Å². The Labute approximate surface area is 145 Å². The molecule has 0 spiro atoms. The van der Waals surface area contributed by atoms with E-state index in [0.29, 0.717) is 16.5 Å². The molecule has 2 heterocycles. The molecule has 122 valence electrons. The van der Waals surface area contributed by atoms with Crippen LogP contribution in [0.1, 0.15) is 39.9 Å². The first-order valence-corrected chi connectivity index (χ1v) is 8.32. The summed E-state index contributed by atoms with van der Waals surface area (Å²) in [6.07, 6.45) is 8.96. The Hall–Kier alpha value is -2.33. The van der Waals surface area contributed by atoms with E-state index < -0.39 is 0 Å². The van der Waals surface area contributed by atoms with Crippen molar-refractivity contribution in [1.29, 1.82) is 0 Å². The lowest BCUT2D eigenvalue weighted by Gasteiger charge is -2.38. The Kier molecular flexibility index (Phi) is 3.77. The van der Waals surface area contributed by atoms with Gasteiger partial charge in [0.25, 0.3) is 0 Å². The van der Waals surface area contributed by atoms with Crippen LogP contribution in [-0.2, 0) is 4.74 Å². The van der Waals surface area contributed by atoms with Gasteiger partial charge in [-0.25, -0.2) is 4.79 Å². The molecule has 5 heteroatoms. The van der Waals surface area contributed by atoms with Crippen molar-refractivity contribution < 1.29 is 9.53 Å². The summed E-state index contributed by atoms with van der Waals surface area (Å²) in [5.41, 5.74) is 3.46. The third-order valence-electron chi connectivity index (χ3n) is 4.92. The lowest BCUT2D eigenvalue weighted by Crippen LogP contribution is -2.30. The number of carbonyl (C=O) groups is 1. The number of benzene rings is 1. The van der Waals surface area contributed by atoms with E-state index in [4.69, 9.17) is 16.3 Å². The number of anilines is 1. The summed E-state index contributed by atoms with van der Waals surface area (Å²) in [4.78, 5) is 16.5. The molecule has 1 aromatic carbocycles. The lowest BCUT2D eigenvalue weighted by atomic mass is 9.75. The Morgan fingerprint density at radius 2 is 2.25 bits per heavy atom. The van der Waals surface area contributed by atoms with E-state index in [1.54, 1.807) is 18.3 Å². The third-order valence-corrected chi connectivity index (χ3v) is 5.23. The maximum Gasteiger partial charge on any atom is 0.338 e. The number of nitrogens with zero attached hydrogens (tertiary/aromatic N) is 1. The molecule has 0 radical (unpaired) electrons. The minimum absolute atomic E-state index is 0.108. The Balaban J connectivity index is 1.87. The van der Waals surface area contributed by atoms with Gasteiger partial charge in [-0.1, -0.05) is 29.8 Å². The van der Waals surface area contributed by atoms with Crippen LogP contribution in [0.2, 0.25) is 5.02 Å². The van der Waals surface area contributed by atoms with E-state index in [0.717, 1.165) is 23.2 Å². The fourth-order valence-electron chi connectivity index (χ4n) is 3.85. The van der Waals surface area contributed by atoms with Gasteiger partial charge in [0.1, 0.15) is 0 Å². The zero-order valence-corrected chi connectivity index (χ0v) is 14.0. The number of rotatable bonds is 2. The van der Waals surface area contributed by atoms with Crippen LogP contribution in [0.5, 0.6) is 0 Å². The number of ether oxygens (including phenoxy) is 1. The predicted octanol–water partition coefficient (Wildman–Crippen LogP) is 4.35. The highest BCUT2D eigenvalue weighted by molar-refractivity contribution is 6.33. The number of nitrogens with one attached hydrogen (secondary N) is 1. The van der Waals surface area contributed by atoms with Crippen molar-refractivity contribution in [2.24, 2.45) is 5.92 Å². The largest absolute Gasteiger partial charge is 0.465 e. The number of fused-ring (bicyclic) bond motifs is 3. The normalized spacial score (nSPS) is 24.0. The number of methoxy groups -OCH3 is 1. The summed E-state index contributed by atoms with van der Waals surface area (Å²) in [5.74, 6) is 0.131. The first-order chi connectivity index (χ1) is 11.7. The molecule has 4 nitrogen and oxygen atoms in total. The Morgan fingerprint density at radius 1 is 1.38 bits per heavy atom. The first kappa shape index (κ1) is 15.2.